The van der Waals surface area contributed by atoms with E-state index in [1.54, 1.807) is 6.07 Å². The molecule has 0 bridgehead atoms. The van der Waals surface area contributed by atoms with Crippen LogP contribution in [0.25, 0.3) is 0 Å². The topological polar surface area (TPSA) is 83.9 Å². The number of aryl methyl sites for hydroxylation is 2. The maximum atomic E-state index is 14.1. The molecule has 196 valence electrons. The van der Waals surface area contributed by atoms with E-state index in [-0.39, 0.29) is 18.8 Å². The minimum atomic E-state index is -0.987. The van der Waals surface area contributed by atoms with Crippen molar-refractivity contribution in [2.45, 2.75) is 77.2 Å². The summed E-state index contributed by atoms with van der Waals surface area (Å²) in [7, 11) is 0. The SMILES string of the molecule is CC(C)OCc1ccc(F)cc1[C@H](C(=O)O)N1CC[C@@H](OCCCCc2ccc3c(n2)NCCC3)C1. The van der Waals surface area contributed by atoms with Gasteiger partial charge in [0.05, 0.1) is 18.8 Å². The highest BCUT2D eigenvalue weighted by atomic mass is 19.1. The lowest BCUT2D eigenvalue weighted by Crippen LogP contribution is -2.34. The van der Waals surface area contributed by atoms with Crippen molar-refractivity contribution in [1.29, 1.82) is 0 Å². The third-order valence-corrected chi connectivity index (χ3v) is 6.88. The van der Waals surface area contributed by atoms with Crippen LogP contribution in [0.3, 0.4) is 0 Å². The minimum absolute atomic E-state index is 0.00422. The van der Waals surface area contributed by atoms with Crippen LogP contribution in [0.1, 0.15) is 68.0 Å². The summed E-state index contributed by atoms with van der Waals surface area (Å²) >= 11 is 0. The Morgan fingerprint density at radius 2 is 2.14 bits per heavy atom. The summed E-state index contributed by atoms with van der Waals surface area (Å²) in [5.41, 5.74) is 3.56. The molecule has 2 aliphatic rings. The predicted molar refractivity (Wildman–Crippen MR) is 137 cm³/mol. The highest BCUT2D eigenvalue weighted by molar-refractivity contribution is 5.76. The Morgan fingerprint density at radius 3 is 2.94 bits per heavy atom. The molecule has 1 fully saturated rings. The molecule has 3 heterocycles. The fourth-order valence-corrected chi connectivity index (χ4v) is 4.98. The molecule has 0 unspecified atom stereocenters. The van der Waals surface area contributed by atoms with Crippen molar-refractivity contribution in [3.8, 4) is 0 Å². The number of anilines is 1. The molecular formula is C28H38FN3O4. The van der Waals surface area contributed by atoms with Crippen LogP contribution in [0.4, 0.5) is 10.2 Å². The first-order valence-corrected chi connectivity index (χ1v) is 13.1. The summed E-state index contributed by atoms with van der Waals surface area (Å²) in [6, 6.07) is 7.69. The normalized spacial score (nSPS) is 18.7. The Balaban J connectivity index is 1.27. The molecule has 7 nitrogen and oxygen atoms in total. The van der Waals surface area contributed by atoms with Crippen LogP contribution in [0.15, 0.2) is 30.3 Å². The first-order valence-electron chi connectivity index (χ1n) is 13.1. The number of pyridine rings is 1. The van der Waals surface area contributed by atoms with E-state index in [0.717, 1.165) is 56.6 Å². The molecule has 36 heavy (non-hydrogen) atoms. The maximum absolute atomic E-state index is 14.1. The monoisotopic (exact) mass is 499 g/mol. The van der Waals surface area contributed by atoms with Crippen molar-refractivity contribution in [2.24, 2.45) is 0 Å². The quantitative estimate of drug-likeness (QED) is 0.408. The van der Waals surface area contributed by atoms with Gasteiger partial charge in [0.15, 0.2) is 0 Å². The van der Waals surface area contributed by atoms with Gasteiger partial charge in [-0.05, 0) is 87.3 Å². The molecule has 0 radical (unpaired) electrons. The molecule has 4 rings (SSSR count). The Bertz CT molecular complexity index is 1030. The molecular weight excluding hydrogens is 461 g/mol. The van der Waals surface area contributed by atoms with Gasteiger partial charge in [-0.3, -0.25) is 9.69 Å². The molecule has 2 atom stereocenters. The number of halogens is 1. The van der Waals surface area contributed by atoms with Gasteiger partial charge >= 0.3 is 5.97 Å². The Hall–Kier alpha value is -2.55. The fraction of sp³-hybridized carbons (Fsp3) is 0.571. The number of hydrogen-bond acceptors (Lipinski definition) is 6. The van der Waals surface area contributed by atoms with Crippen LogP contribution in [0.2, 0.25) is 0 Å². The van der Waals surface area contributed by atoms with Crippen molar-refractivity contribution in [3.05, 3.63) is 58.5 Å². The largest absolute Gasteiger partial charge is 0.480 e. The zero-order valence-electron chi connectivity index (χ0n) is 21.3. The third-order valence-electron chi connectivity index (χ3n) is 6.88. The van der Waals surface area contributed by atoms with Gasteiger partial charge in [0, 0.05) is 31.9 Å². The van der Waals surface area contributed by atoms with E-state index >= 15 is 0 Å². The van der Waals surface area contributed by atoms with Crippen molar-refractivity contribution in [2.75, 3.05) is 31.6 Å². The first kappa shape index (κ1) is 26.5. The Labute approximate surface area is 213 Å². The lowest BCUT2D eigenvalue weighted by atomic mass is 9.99. The van der Waals surface area contributed by atoms with E-state index in [4.69, 9.17) is 14.5 Å². The van der Waals surface area contributed by atoms with Crippen molar-refractivity contribution in [1.82, 2.24) is 9.88 Å². The van der Waals surface area contributed by atoms with Gasteiger partial charge in [-0.2, -0.15) is 0 Å². The van der Waals surface area contributed by atoms with E-state index < -0.39 is 17.8 Å². The van der Waals surface area contributed by atoms with Crippen LogP contribution in [0.5, 0.6) is 0 Å². The lowest BCUT2D eigenvalue weighted by molar-refractivity contribution is -0.143. The number of carbonyl (C=O) groups is 1. The molecule has 2 aliphatic heterocycles. The molecule has 1 saturated heterocycles. The molecule has 0 aliphatic carbocycles. The number of hydrogen-bond donors (Lipinski definition) is 2. The standard InChI is InChI=1S/C28H38FN3O4/c1-19(2)36-18-21-8-10-22(29)16-25(21)26(28(33)34)32-14-12-24(17-32)35-15-4-3-7-23-11-9-20-6-5-13-30-27(20)31-23/h8-11,16,19,24,26H,3-7,12-15,17-18H2,1-2H3,(H,30,31)(H,33,34)/t24-,26-/m1/s1. The number of carboxylic acids is 1. The zero-order valence-corrected chi connectivity index (χ0v) is 21.3. The molecule has 0 spiro atoms. The van der Waals surface area contributed by atoms with Crippen LogP contribution in [-0.4, -0.2) is 59.4 Å². The summed E-state index contributed by atoms with van der Waals surface area (Å²) in [5, 5.41) is 13.4. The molecule has 0 amide bonds. The highest BCUT2D eigenvalue weighted by Gasteiger charge is 2.35. The number of unbranched alkanes of at least 4 members (excludes halogenated alkanes) is 1. The number of nitrogens with zero attached hydrogens (tertiary/aromatic N) is 2. The lowest BCUT2D eigenvalue weighted by Gasteiger charge is -2.26. The van der Waals surface area contributed by atoms with Crippen molar-refractivity contribution >= 4 is 11.8 Å². The third kappa shape index (κ3) is 7.02. The summed E-state index contributed by atoms with van der Waals surface area (Å²) in [5.74, 6) is -0.397. The van der Waals surface area contributed by atoms with E-state index in [0.29, 0.717) is 30.8 Å². The number of carboxylic acid groups (broad SMARTS) is 1. The number of aromatic nitrogens is 1. The smallest absolute Gasteiger partial charge is 0.325 e. The number of rotatable bonds is 12. The van der Waals surface area contributed by atoms with E-state index in [1.165, 1.54) is 17.7 Å². The van der Waals surface area contributed by atoms with E-state index in [9.17, 15) is 14.3 Å². The van der Waals surface area contributed by atoms with Gasteiger partial charge in [-0.25, -0.2) is 9.37 Å². The maximum Gasteiger partial charge on any atom is 0.325 e. The Kier molecular flexibility index (Phi) is 9.29. The molecule has 2 N–H and O–H groups in total. The minimum Gasteiger partial charge on any atom is -0.480 e. The average molecular weight is 500 g/mol. The van der Waals surface area contributed by atoms with Crippen LogP contribution < -0.4 is 5.32 Å². The number of ether oxygens (including phenoxy) is 2. The highest BCUT2D eigenvalue weighted by Crippen LogP contribution is 2.30. The van der Waals surface area contributed by atoms with Gasteiger partial charge in [0.1, 0.15) is 17.7 Å². The second kappa shape index (κ2) is 12.6. The van der Waals surface area contributed by atoms with Crippen LogP contribution in [0, 0.1) is 5.82 Å². The van der Waals surface area contributed by atoms with Crippen molar-refractivity contribution in [3.63, 3.8) is 0 Å². The average Bonchev–Trinajstić information content (AvgIpc) is 3.31. The molecule has 8 heteroatoms. The second-order valence-electron chi connectivity index (χ2n) is 10.0. The number of nitrogens with one attached hydrogen (secondary N) is 1. The van der Waals surface area contributed by atoms with Gasteiger partial charge in [-0.1, -0.05) is 12.1 Å². The summed E-state index contributed by atoms with van der Waals surface area (Å²) in [4.78, 5) is 18.9. The zero-order chi connectivity index (χ0) is 25.5. The van der Waals surface area contributed by atoms with Crippen LogP contribution in [-0.2, 0) is 33.7 Å². The molecule has 1 aromatic heterocycles. The summed E-state index contributed by atoms with van der Waals surface area (Å²) in [6.07, 6.45) is 5.81. The van der Waals surface area contributed by atoms with Crippen molar-refractivity contribution < 1.29 is 23.8 Å². The van der Waals surface area contributed by atoms with Gasteiger partial charge in [-0.15, -0.1) is 0 Å². The number of fused-ring (bicyclic) bond motifs is 1. The van der Waals surface area contributed by atoms with Gasteiger partial charge < -0.3 is 19.9 Å². The van der Waals surface area contributed by atoms with Crippen LogP contribution >= 0.6 is 0 Å². The molecule has 2 aromatic rings. The molecule has 0 saturated carbocycles. The first-order chi connectivity index (χ1) is 17.4. The van der Waals surface area contributed by atoms with E-state index in [2.05, 4.69) is 17.4 Å². The van der Waals surface area contributed by atoms with Gasteiger partial charge in [0.25, 0.3) is 0 Å². The van der Waals surface area contributed by atoms with Gasteiger partial charge in [0.2, 0.25) is 0 Å². The number of likely N-dealkylation sites (tertiary alicyclic amines) is 1. The summed E-state index contributed by atoms with van der Waals surface area (Å²) in [6.45, 7) is 6.81. The fourth-order valence-electron chi connectivity index (χ4n) is 4.98. The molecule has 1 aromatic carbocycles. The predicted octanol–water partition coefficient (Wildman–Crippen LogP) is 4.74. The Morgan fingerprint density at radius 1 is 1.28 bits per heavy atom. The summed E-state index contributed by atoms with van der Waals surface area (Å²) < 4.78 is 25.9. The number of benzene rings is 1. The van der Waals surface area contributed by atoms with E-state index in [1.807, 2.05) is 18.7 Å². The second-order valence-corrected chi connectivity index (χ2v) is 10.0. The number of aliphatic carboxylic acids is 1.